The molecule has 0 bridgehead atoms. The number of hydrazine groups is 1. The first-order valence-corrected chi connectivity index (χ1v) is 11.0. The SMILES string of the molecule is COc1cccc(C2(C)NC(=O)N(NC(=O)CN3CCN(c4ccc([N+](=O)[O-])cc4)CC3)C2=O)c1. The first kappa shape index (κ1) is 24.0. The highest BCUT2D eigenvalue weighted by molar-refractivity contribution is 6.08. The molecule has 2 aliphatic rings. The number of urea groups is 1. The molecule has 2 aromatic rings. The monoisotopic (exact) mass is 482 g/mol. The van der Waals surface area contributed by atoms with Crippen LogP contribution in [0.1, 0.15) is 12.5 Å². The third-order valence-corrected chi connectivity index (χ3v) is 6.24. The van der Waals surface area contributed by atoms with Gasteiger partial charge in [-0.15, -0.1) is 0 Å². The topological polar surface area (TPSA) is 137 Å². The summed E-state index contributed by atoms with van der Waals surface area (Å²) < 4.78 is 5.20. The predicted molar refractivity (Wildman–Crippen MR) is 126 cm³/mol. The van der Waals surface area contributed by atoms with Crippen molar-refractivity contribution in [1.82, 2.24) is 20.7 Å². The number of hydrogen-bond acceptors (Lipinski definition) is 8. The second kappa shape index (κ2) is 9.58. The van der Waals surface area contributed by atoms with Crippen molar-refractivity contribution in [2.75, 3.05) is 44.7 Å². The summed E-state index contributed by atoms with van der Waals surface area (Å²) in [4.78, 5) is 52.6. The van der Waals surface area contributed by atoms with Crippen LogP contribution in [0, 0.1) is 10.1 Å². The summed E-state index contributed by atoms with van der Waals surface area (Å²) in [6.45, 7) is 4.00. The van der Waals surface area contributed by atoms with Gasteiger partial charge < -0.3 is 15.0 Å². The van der Waals surface area contributed by atoms with Crippen molar-refractivity contribution in [1.29, 1.82) is 0 Å². The zero-order valence-electron chi connectivity index (χ0n) is 19.4. The summed E-state index contributed by atoms with van der Waals surface area (Å²) in [5.74, 6) is -0.527. The second-order valence-corrected chi connectivity index (χ2v) is 8.50. The Morgan fingerprint density at radius 2 is 1.83 bits per heavy atom. The normalized spacial score (nSPS) is 20.5. The Kier molecular flexibility index (Phi) is 6.56. The average Bonchev–Trinajstić information content (AvgIpc) is 3.08. The number of nitro groups is 1. The van der Waals surface area contributed by atoms with E-state index in [9.17, 15) is 24.5 Å². The number of methoxy groups -OCH3 is 1. The lowest BCUT2D eigenvalue weighted by molar-refractivity contribution is -0.384. The number of imide groups is 1. The maximum absolute atomic E-state index is 13.1. The fraction of sp³-hybridized carbons (Fsp3) is 0.348. The quantitative estimate of drug-likeness (QED) is 0.341. The van der Waals surface area contributed by atoms with Gasteiger partial charge in [0.25, 0.3) is 17.5 Å². The third-order valence-electron chi connectivity index (χ3n) is 6.24. The number of nitrogens with one attached hydrogen (secondary N) is 2. The van der Waals surface area contributed by atoms with Gasteiger partial charge in [-0.3, -0.25) is 30.0 Å². The number of ether oxygens (including phenoxy) is 1. The molecule has 1 atom stereocenters. The maximum atomic E-state index is 13.1. The number of carbonyl (C=O) groups is 3. The lowest BCUT2D eigenvalue weighted by atomic mass is 9.92. The molecule has 12 heteroatoms. The number of hydrogen-bond donors (Lipinski definition) is 2. The zero-order valence-corrected chi connectivity index (χ0v) is 19.4. The first-order chi connectivity index (χ1) is 16.7. The molecule has 184 valence electrons. The van der Waals surface area contributed by atoms with E-state index >= 15 is 0 Å². The van der Waals surface area contributed by atoms with Crippen LogP contribution < -0.4 is 20.4 Å². The van der Waals surface area contributed by atoms with Crippen LogP contribution in [0.15, 0.2) is 48.5 Å². The molecule has 12 nitrogen and oxygen atoms in total. The van der Waals surface area contributed by atoms with E-state index in [0.29, 0.717) is 37.5 Å². The van der Waals surface area contributed by atoms with E-state index in [0.717, 1.165) is 10.7 Å². The van der Waals surface area contributed by atoms with Crippen molar-refractivity contribution in [2.24, 2.45) is 0 Å². The van der Waals surface area contributed by atoms with E-state index in [-0.39, 0.29) is 12.2 Å². The van der Waals surface area contributed by atoms with Gasteiger partial charge in [-0.05, 0) is 36.8 Å². The fourth-order valence-corrected chi connectivity index (χ4v) is 4.18. The summed E-state index contributed by atoms with van der Waals surface area (Å²) in [5, 5.41) is 14.2. The van der Waals surface area contributed by atoms with E-state index in [1.165, 1.54) is 19.2 Å². The standard InChI is InChI=1S/C23H26N6O6/c1-23(16-4-3-5-19(14-16)35-2)21(31)28(22(32)24-23)25-20(30)15-26-10-12-27(13-11-26)17-6-8-18(9-7-17)29(33)34/h3-9,14H,10-13,15H2,1-2H3,(H,24,32)(H,25,30). The van der Waals surface area contributed by atoms with Crippen LogP contribution in [-0.4, -0.2) is 72.5 Å². The van der Waals surface area contributed by atoms with Gasteiger partial charge in [0.1, 0.15) is 11.3 Å². The first-order valence-electron chi connectivity index (χ1n) is 11.0. The van der Waals surface area contributed by atoms with E-state index in [1.807, 2.05) is 4.90 Å². The van der Waals surface area contributed by atoms with Gasteiger partial charge in [-0.2, -0.15) is 5.01 Å². The fourth-order valence-electron chi connectivity index (χ4n) is 4.18. The van der Waals surface area contributed by atoms with E-state index in [4.69, 9.17) is 4.74 Å². The lowest BCUT2D eigenvalue weighted by Gasteiger charge is -2.35. The number of amides is 4. The molecule has 35 heavy (non-hydrogen) atoms. The molecule has 2 fully saturated rings. The largest absolute Gasteiger partial charge is 0.497 e. The summed E-state index contributed by atoms with van der Waals surface area (Å²) in [7, 11) is 1.51. The zero-order chi connectivity index (χ0) is 25.2. The van der Waals surface area contributed by atoms with Gasteiger partial charge in [0.15, 0.2) is 0 Å². The summed E-state index contributed by atoms with van der Waals surface area (Å²) in [5.41, 5.74) is 2.53. The Morgan fingerprint density at radius 1 is 1.14 bits per heavy atom. The molecular weight excluding hydrogens is 456 g/mol. The summed E-state index contributed by atoms with van der Waals surface area (Å²) >= 11 is 0. The molecule has 2 N–H and O–H groups in total. The van der Waals surface area contributed by atoms with Crippen LogP contribution in [0.25, 0.3) is 0 Å². The minimum absolute atomic E-state index is 0.0149. The highest BCUT2D eigenvalue weighted by Crippen LogP contribution is 2.30. The minimum Gasteiger partial charge on any atom is -0.497 e. The number of rotatable bonds is 7. The number of nitrogens with zero attached hydrogens (tertiary/aromatic N) is 4. The second-order valence-electron chi connectivity index (χ2n) is 8.50. The molecule has 2 heterocycles. The molecule has 0 aromatic heterocycles. The predicted octanol–water partition coefficient (Wildman–Crippen LogP) is 1.22. The van der Waals surface area contributed by atoms with Crippen molar-refractivity contribution >= 4 is 29.2 Å². The van der Waals surface area contributed by atoms with Crippen molar-refractivity contribution in [3.8, 4) is 5.75 Å². The Balaban J connectivity index is 1.32. The Labute approximate surface area is 201 Å². The molecular formula is C23H26N6O6. The molecule has 4 rings (SSSR count). The van der Waals surface area contributed by atoms with Crippen LogP contribution >= 0.6 is 0 Å². The van der Waals surface area contributed by atoms with Crippen LogP contribution in [0.3, 0.4) is 0 Å². The summed E-state index contributed by atoms with van der Waals surface area (Å²) in [6.07, 6.45) is 0. The van der Waals surface area contributed by atoms with Gasteiger partial charge in [0, 0.05) is 44.0 Å². The van der Waals surface area contributed by atoms with E-state index in [2.05, 4.69) is 15.6 Å². The molecule has 2 aromatic carbocycles. The Hall–Kier alpha value is -4.19. The van der Waals surface area contributed by atoms with Crippen molar-refractivity contribution in [3.05, 3.63) is 64.2 Å². The highest BCUT2D eigenvalue weighted by Gasteiger charge is 2.50. The number of benzene rings is 2. The molecule has 2 saturated heterocycles. The van der Waals surface area contributed by atoms with Crippen molar-refractivity contribution in [2.45, 2.75) is 12.5 Å². The maximum Gasteiger partial charge on any atom is 0.344 e. The smallest absolute Gasteiger partial charge is 0.344 e. The van der Waals surface area contributed by atoms with E-state index < -0.39 is 28.3 Å². The van der Waals surface area contributed by atoms with Gasteiger partial charge in [0.05, 0.1) is 18.6 Å². The minimum atomic E-state index is -1.34. The van der Waals surface area contributed by atoms with Crippen molar-refractivity contribution < 1.29 is 24.0 Å². The van der Waals surface area contributed by atoms with Crippen LogP contribution in [0.4, 0.5) is 16.2 Å². The van der Waals surface area contributed by atoms with Crippen LogP contribution in [-0.2, 0) is 15.1 Å². The number of carbonyl (C=O) groups excluding carboxylic acids is 3. The number of non-ortho nitro benzene ring substituents is 1. The van der Waals surface area contributed by atoms with Crippen LogP contribution in [0.2, 0.25) is 0 Å². The molecule has 2 aliphatic heterocycles. The van der Waals surface area contributed by atoms with Gasteiger partial charge in [-0.1, -0.05) is 12.1 Å². The van der Waals surface area contributed by atoms with Gasteiger partial charge in [-0.25, -0.2) is 4.79 Å². The Bertz CT molecular complexity index is 1150. The van der Waals surface area contributed by atoms with Gasteiger partial charge in [0.2, 0.25) is 0 Å². The molecule has 0 saturated carbocycles. The summed E-state index contributed by atoms with van der Waals surface area (Å²) in [6, 6.07) is 12.4. The third kappa shape index (κ3) is 4.87. The molecule has 0 spiro atoms. The molecule has 0 radical (unpaired) electrons. The number of nitro benzene ring substituents is 1. The highest BCUT2D eigenvalue weighted by atomic mass is 16.6. The molecule has 1 unspecified atom stereocenters. The molecule has 0 aliphatic carbocycles. The number of piperazine rings is 1. The average molecular weight is 482 g/mol. The van der Waals surface area contributed by atoms with Gasteiger partial charge >= 0.3 is 6.03 Å². The Morgan fingerprint density at radius 3 is 2.46 bits per heavy atom. The van der Waals surface area contributed by atoms with E-state index in [1.54, 1.807) is 43.3 Å². The van der Waals surface area contributed by atoms with Crippen LogP contribution in [0.5, 0.6) is 5.75 Å². The lowest BCUT2D eigenvalue weighted by Crippen LogP contribution is -2.53. The molecule has 4 amide bonds. The number of anilines is 1. The van der Waals surface area contributed by atoms with Crippen molar-refractivity contribution in [3.63, 3.8) is 0 Å².